The molecule has 0 radical (unpaired) electrons. The molecule has 3 heteroatoms. The minimum absolute atomic E-state index is 0.255. The molecule has 0 spiro atoms. The van der Waals surface area contributed by atoms with Crippen molar-refractivity contribution in [2.75, 3.05) is 0 Å². The Kier molecular flexibility index (Phi) is 5.20. The van der Waals surface area contributed by atoms with Crippen molar-refractivity contribution in [2.24, 2.45) is 5.92 Å². The van der Waals surface area contributed by atoms with Gasteiger partial charge < -0.3 is 5.11 Å². The van der Waals surface area contributed by atoms with Gasteiger partial charge in [0, 0.05) is 12.6 Å². The van der Waals surface area contributed by atoms with Crippen molar-refractivity contribution in [1.82, 2.24) is 9.78 Å². The third kappa shape index (κ3) is 3.69. The molecule has 0 aliphatic heterocycles. The topological polar surface area (TPSA) is 38.0 Å². The van der Waals surface area contributed by atoms with E-state index >= 15 is 0 Å². The average molecular weight is 262 g/mol. The number of hydrogen-bond acceptors (Lipinski definition) is 2. The number of nitrogens with zero attached hydrogens (tertiary/aromatic N) is 2. The smallest absolute Gasteiger partial charge is 0.0650 e. The Labute approximate surface area is 116 Å². The monoisotopic (exact) mass is 262 g/mol. The van der Waals surface area contributed by atoms with E-state index in [0.29, 0.717) is 18.4 Å². The van der Waals surface area contributed by atoms with Gasteiger partial charge >= 0.3 is 0 Å². The molecule has 0 saturated heterocycles. The molecule has 19 heavy (non-hydrogen) atoms. The predicted molar refractivity (Wildman–Crippen MR) is 78.0 cm³/mol. The summed E-state index contributed by atoms with van der Waals surface area (Å²) < 4.78 is 2.06. The van der Waals surface area contributed by atoms with E-state index in [0.717, 1.165) is 37.8 Å². The van der Waals surface area contributed by atoms with Crippen molar-refractivity contribution in [2.45, 2.75) is 64.5 Å². The summed E-state index contributed by atoms with van der Waals surface area (Å²) in [5, 5.41) is 14.9. The standard InChI is InChI=1S/C16H26N2O/c1-3-15(4-2)18-11-10-14(17-18)12-16(19)13-8-6-5-7-9-13/h5-6,10-11,13,15-16,19H,3-4,7-9,12H2,1-2H3. The molecule has 0 bridgehead atoms. The molecule has 1 aromatic rings. The fourth-order valence-corrected chi connectivity index (χ4v) is 2.90. The van der Waals surface area contributed by atoms with Crippen LogP contribution in [0.3, 0.4) is 0 Å². The number of aliphatic hydroxyl groups is 1. The number of aliphatic hydroxyl groups excluding tert-OH is 1. The van der Waals surface area contributed by atoms with Gasteiger partial charge in [0.1, 0.15) is 0 Å². The van der Waals surface area contributed by atoms with Crippen LogP contribution in [0.15, 0.2) is 24.4 Å². The summed E-state index contributed by atoms with van der Waals surface area (Å²) in [4.78, 5) is 0. The zero-order chi connectivity index (χ0) is 13.7. The highest BCUT2D eigenvalue weighted by atomic mass is 16.3. The van der Waals surface area contributed by atoms with Crippen molar-refractivity contribution >= 4 is 0 Å². The van der Waals surface area contributed by atoms with Gasteiger partial charge in [-0.1, -0.05) is 26.0 Å². The second-order valence-electron chi connectivity index (χ2n) is 5.57. The van der Waals surface area contributed by atoms with E-state index in [1.165, 1.54) is 0 Å². The SMILES string of the molecule is CCC(CC)n1ccc(CC(O)C2CC=CCC2)n1. The van der Waals surface area contributed by atoms with Gasteiger partial charge in [0.25, 0.3) is 0 Å². The normalized spacial score (nSPS) is 20.9. The minimum atomic E-state index is -0.255. The lowest BCUT2D eigenvalue weighted by atomic mass is 9.87. The number of allylic oxidation sites excluding steroid dienone is 2. The molecule has 0 fully saturated rings. The molecule has 3 nitrogen and oxygen atoms in total. The molecule has 1 aliphatic rings. The van der Waals surface area contributed by atoms with Gasteiger partial charge in [-0.15, -0.1) is 0 Å². The molecular weight excluding hydrogens is 236 g/mol. The highest BCUT2D eigenvalue weighted by Crippen LogP contribution is 2.24. The van der Waals surface area contributed by atoms with E-state index in [-0.39, 0.29) is 6.10 Å². The lowest BCUT2D eigenvalue weighted by Gasteiger charge is -2.23. The van der Waals surface area contributed by atoms with Crippen LogP contribution in [0, 0.1) is 5.92 Å². The van der Waals surface area contributed by atoms with Crippen LogP contribution in [-0.2, 0) is 6.42 Å². The van der Waals surface area contributed by atoms with Crippen molar-refractivity contribution < 1.29 is 5.11 Å². The van der Waals surface area contributed by atoms with Crippen molar-refractivity contribution in [1.29, 1.82) is 0 Å². The fraction of sp³-hybridized carbons (Fsp3) is 0.688. The second kappa shape index (κ2) is 6.90. The van der Waals surface area contributed by atoms with E-state index < -0.39 is 0 Å². The Morgan fingerprint density at radius 2 is 2.16 bits per heavy atom. The molecule has 1 N–H and O–H groups in total. The van der Waals surface area contributed by atoms with Gasteiger partial charge in [0.15, 0.2) is 0 Å². The predicted octanol–water partition coefficient (Wildman–Crippen LogP) is 3.50. The molecule has 1 heterocycles. The summed E-state index contributed by atoms with van der Waals surface area (Å²) in [6.45, 7) is 4.39. The maximum atomic E-state index is 10.3. The van der Waals surface area contributed by atoms with Crippen LogP contribution >= 0.6 is 0 Å². The van der Waals surface area contributed by atoms with Gasteiger partial charge in [-0.2, -0.15) is 5.10 Å². The van der Waals surface area contributed by atoms with Gasteiger partial charge in [0.2, 0.25) is 0 Å². The van der Waals surface area contributed by atoms with Crippen LogP contribution in [0.4, 0.5) is 0 Å². The molecule has 2 unspecified atom stereocenters. The third-order valence-corrected chi connectivity index (χ3v) is 4.25. The zero-order valence-corrected chi connectivity index (χ0v) is 12.1. The summed E-state index contributed by atoms with van der Waals surface area (Å²) in [5.74, 6) is 0.406. The largest absolute Gasteiger partial charge is 0.392 e. The Morgan fingerprint density at radius 1 is 1.37 bits per heavy atom. The first-order valence-electron chi connectivity index (χ1n) is 7.61. The van der Waals surface area contributed by atoms with Crippen LogP contribution < -0.4 is 0 Å². The fourth-order valence-electron chi connectivity index (χ4n) is 2.90. The Bertz CT molecular complexity index is 407. The van der Waals surface area contributed by atoms with E-state index in [1.54, 1.807) is 0 Å². The van der Waals surface area contributed by atoms with Crippen LogP contribution in [0.25, 0.3) is 0 Å². The molecule has 0 amide bonds. The zero-order valence-electron chi connectivity index (χ0n) is 12.1. The maximum Gasteiger partial charge on any atom is 0.0650 e. The van der Waals surface area contributed by atoms with Crippen molar-refractivity contribution in [3.8, 4) is 0 Å². The molecule has 0 saturated carbocycles. The first-order valence-corrected chi connectivity index (χ1v) is 7.61. The highest BCUT2D eigenvalue weighted by Gasteiger charge is 2.21. The lowest BCUT2D eigenvalue weighted by molar-refractivity contribution is 0.101. The molecule has 106 valence electrons. The third-order valence-electron chi connectivity index (χ3n) is 4.25. The van der Waals surface area contributed by atoms with Crippen LogP contribution in [0.1, 0.15) is 57.7 Å². The van der Waals surface area contributed by atoms with Gasteiger partial charge in [-0.25, -0.2) is 0 Å². The Hall–Kier alpha value is -1.09. The second-order valence-corrected chi connectivity index (χ2v) is 5.57. The lowest BCUT2D eigenvalue weighted by Crippen LogP contribution is -2.24. The van der Waals surface area contributed by atoms with E-state index in [2.05, 4.69) is 48.0 Å². The summed E-state index contributed by atoms with van der Waals surface area (Å²) in [5.41, 5.74) is 1.02. The highest BCUT2D eigenvalue weighted by molar-refractivity contribution is 5.03. The number of rotatable bonds is 6. The molecule has 2 rings (SSSR count). The Morgan fingerprint density at radius 3 is 2.79 bits per heavy atom. The molecule has 1 aliphatic carbocycles. The van der Waals surface area contributed by atoms with Crippen LogP contribution in [0.5, 0.6) is 0 Å². The molecule has 1 aromatic heterocycles. The summed E-state index contributed by atoms with van der Waals surface area (Å²) in [7, 11) is 0. The van der Waals surface area contributed by atoms with Gasteiger partial charge in [-0.05, 0) is 44.1 Å². The maximum absolute atomic E-state index is 10.3. The number of hydrogen-bond donors (Lipinski definition) is 1. The molecular formula is C16H26N2O. The van der Waals surface area contributed by atoms with E-state index in [9.17, 15) is 5.11 Å². The van der Waals surface area contributed by atoms with Crippen LogP contribution in [-0.4, -0.2) is 21.0 Å². The number of aromatic nitrogens is 2. The minimum Gasteiger partial charge on any atom is -0.392 e. The molecule has 2 atom stereocenters. The summed E-state index contributed by atoms with van der Waals surface area (Å²) >= 11 is 0. The van der Waals surface area contributed by atoms with Crippen molar-refractivity contribution in [3.05, 3.63) is 30.1 Å². The summed E-state index contributed by atoms with van der Waals surface area (Å²) in [6, 6.07) is 2.55. The molecule has 0 aromatic carbocycles. The Balaban J connectivity index is 1.93. The van der Waals surface area contributed by atoms with E-state index in [4.69, 9.17) is 0 Å². The van der Waals surface area contributed by atoms with Crippen LogP contribution in [0.2, 0.25) is 0 Å². The van der Waals surface area contributed by atoms with Crippen molar-refractivity contribution in [3.63, 3.8) is 0 Å². The average Bonchev–Trinajstić information content (AvgIpc) is 2.89. The van der Waals surface area contributed by atoms with Gasteiger partial charge in [-0.3, -0.25) is 4.68 Å². The quantitative estimate of drug-likeness (QED) is 0.797. The van der Waals surface area contributed by atoms with Gasteiger partial charge in [0.05, 0.1) is 17.8 Å². The van der Waals surface area contributed by atoms with E-state index in [1.807, 2.05) is 0 Å². The summed E-state index contributed by atoms with van der Waals surface area (Å²) in [6.07, 6.45) is 12.3. The first-order chi connectivity index (χ1) is 9.24. The first kappa shape index (κ1) is 14.3.